The van der Waals surface area contributed by atoms with Crippen molar-refractivity contribution in [1.82, 2.24) is 4.98 Å². The fraction of sp³-hybridized carbons (Fsp3) is 0.0769. The molecule has 1 N–H and O–H groups in total. The smallest absolute Gasteiger partial charge is 0.338 e. The van der Waals surface area contributed by atoms with Crippen molar-refractivity contribution in [3.8, 4) is 5.75 Å². The van der Waals surface area contributed by atoms with Crippen molar-refractivity contribution in [2.75, 3.05) is 0 Å². The molecule has 1 heterocycles. The average Bonchev–Trinajstić information content (AvgIpc) is 2.37. The summed E-state index contributed by atoms with van der Waals surface area (Å²) in [5.41, 5.74) is 0.201. The molecule has 1 aromatic heterocycles. The summed E-state index contributed by atoms with van der Waals surface area (Å²) < 4.78 is 19.4. The van der Waals surface area contributed by atoms with E-state index in [4.69, 9.17) is 9.84 Å². The van der Waals surface area contributed by atoms with Crippen molar-refractivity contribution in [1.29, 1.82) is 0 Å². The molecule has 0 bridgehead atoms. The van der Waals surface area contributed by atoms with Crippen LogP contribution in [0.4, 0.5) is 4.39 Å². The number of carboxylic acid groups (broad SMARTS) is 1. The van der Waals surface area contributed by atoms with Crippen LogP contribution in [-0.2, 0) is 6.61 Å². The quantitative estimate of drug-likeness (QED) is 0.937. The van der Waals surface area contributed by atoms with Gasteiger partial charge in [-0.25, -0.2) is 9.18 Å². The Morgan fingerprint density at radius 1 is 1.37 bits per heavy atom. The number of rotatable bonds is 4. The summed E-state index contributed by atoms with van der Waals surface area (Å²) in [6.45, 7) is 0.138. The highest BCUT2D eigenvalue weighted by atomic mass is 79.9. The summed E-state index contributed by atoms with van der Waals surface area (Å²) in [7, 11) is 0. The Balaban J connectivity index is 2.12. The van der Waals surface area contributed by atoms with Gasteiger partial charge in [-0.3, -0.25) is 4.98 Å². The lowest BCUT2D eigenvalue weighted by Crippen LogP contribution is -2.03. The average molecular weight is 326 g/mol. The maximum Gasteiger partial charge on any atom is 0.338 e. The van der Waals surface area contributed by atoms with Gasteiger partial charge in [-0.15, -0.1) is 0 Å². The summed E-state index contributed by atoms with van der Waals surface area (Å²) in [4.78, 5) is 14.7. The number of hydrogen-bond donors (Lipinski definition) is 1. The zero-order chi connectivity index (χ0) is 13.8. The first-order chi connectivity index (χ1) is 9.06. The SMILES string of the molecule is O=C(O)c1cc(COc2cncc(Br)c2)ccc1F. The second kappa shape index (κ2) is 5.79. The van der Waals surface area contributed by atoms with E-state index in [0.717, 1.165) is 10.5 Å². The summed E-state index contributed by atoms with van der Waals surface area (Å²) in [5, 5.41) is 8.81. The van der Waals surface area contributed by atoms with Crippen molar-refractivity contribution in [3.05, 3.63) is 58.1 Å². The number of ether oxygens (including phenoxy) is 1. The molecule has 0 aliphatic rings. The van der Waals surface area contributed by atoms with Gasteiger partial charge in [-0.05, 0) is 39.7 Å². The molecule has 0 atom stereocenters. The molecular weight excluding hydrogens is 317 g/mol. The molecule has 4 nitrogen and oxygen atoms in total. The Hall–Kier alpha value is -1.95. The van der Waals surface area contributed by atoms with E-state index >= 15 is 0 Å². The highest BCUT2D eigenvalue weighted by Gasteiger charge is 2.11. The van der Waals surface area contributed by atoms with Crippen LogP contribution in [-0.4, -0.2) is 16.1 Å². The van der Waals surface area contributed by atoms with Gasteiger partial charge in [0.15, 0.2) is 0 Å². The lowest BCUT2D eigenvalue weighted by Gasteiger charge is -2.07. The summed E-state index contributed by atoms with van der Waals surface area (Å²) in [5.74, 6) is -1.53. The Morgan fingerprint density at radius 2 is 2.16 bits per heavy atom. The van der Waals surface area contributed by atoms with Gasteiger partial charge in [0.1, 0.15) is 18.2 Å². The summed E-state index contributed by atoms with van der Waals surface area (Å²) >= 11 is 3.26. The van der Waals surface area contributed by atoms with Crippen LogP contribution < -0.4 is 4.74 Å². The van der Waals surface area contributed by atoms with Gasteiger partial charge in [0.2, 0.25) is 0 Å². The summed E-state index contributed by atoms with van der Waals surface area (Å²) in [6.07, 6.45) is 3.15. The molecule has 0 fully saturated rings. The largest absolute Gasteiger partial charge is 0.487 e. The molecule has 0 unspecified atom stereocenters. The van der Waals surface area contributed by atoms with Crippen molar-refractivity contribution in [3.63, 3.8) is 0 Å². The van der Waals surface area contributed by atoms with E-state index in [9.17, 15) is 9.18 Å². The third-order valence-electron chi connectivity index (χ3n) is 2.35. The fourth-order valence-electron chi connectivity index (χ4n) is 1.46. The third kappa shape index (κ3) is 3.51. The van der Waals surface area contributed by atoms with Gasteiger partial charge >= 0.3 is 5.97 Å². The molecule has 6 heteroatoms. The first-order valence-corrected chi connectivity index (χ1v) is 6.10. The molecule has 98 valence electrons. The predicted molar refractivity (Wildman–Crippen MR) is 69.6 cm³/mol. The Labute approximate surface area is 117 Å². The number of nitrogens with zero attached hydrogens (tertiary/aromatic N) is 1. The molecule has 0 amide bonds. The zero-order valence-electron chi connectivity index (χ0n) is 9.64. The monoisotopic (exact) mass is 325 g/mol. The molecule has 2 rings (SSSR count). The number of pyridine rings is 1. The molecule has 1 aromatic carbocycles. The second-order valence-corrected chi connectivity index (χ2v) is 4.66. The minimum Gasteiger partial charge on any atom is -0.487 e. The van der Waals surface area contributed by atoms with Crippen molar-refractivity contribution in [2.24, 2.45) is 0 Å². The molecule has 0 spiro atoms. The normalized spacial score (nSPS) is 10.2. The Kier molecular flexibility index (Phi) is 4.11. The molecular formula is C13H9BrFNO3. The van der Waals surface area contributed by atoms with E-state index in [2.05, 4.69) is 20.9 Å². The van der Waals surface area contributed by atoms with Gasteiger partial charge in [-0.1, -0.05) is 6.07 Å². The van der Waals surface area contributed by atoms with Crippen LogP contribution in [0.3, 0.4) is 0 Å². The Bertz CT molecular complexity index is 619. The second-order valence-electron chi connectivity index (χ2n) is 3.75. The molecule has 19 heavy (non-hydrogen) atoms. The van der Waals surface area contributed by atoms with Crippen molar-refractivity contribution in [2.45, 2.75) is 6.61 Å². The number of halogens is 2. The molecule has 2 aromatic rings. The topological polar surface area (TPSA) is 59.4 Å². The molecule has 0 aliphatic heterocycles. The van der Waals surface area contributed by atoms with Crippen molar-refractivity contribution < 1.29 is 19.0 Å². The highest BCUT2D eigenvalue weighted by molar-refractivity contribution is 9.10. The summed E-state index contributed by atoms with van der Waals surface area (Å²) in [6, 6.07) is 5.58. The Morgan fingerprint density at radius 3 is 2.84 bits per heavy atom. The highest BCUT2D eigenvalue weighted by Crippen LogP contribution is 2.18. The minimum atomic E-state index is -1.30. The van der Waals surface area contributed by atoms with E-state index in [-0.39, 0.29) is 12.2 Å². The number of carbonyl (C=O) groups is 1. The van der Waals surface area contributed by atoms with E-state index in [0.29, 0.717) is 11.3 Å². The fourth-order valence-corrected chi connectivity index (χ4v) is 1.81. The number of aromatic carboxylic acids is 1. The third-order valence-corrected chi connectivity index (χ3v) is 2.78. The van der Waals surface area contributed by atoms with Gasteiger partial charge in [0.05, 0.1) is 11.8 Å². The van der Waals surface area contributed by atoms with Crippen LogP contribution in [0, 0.1) is 5.82 Å². The molecule has 0 radical (unpaired) electrons. The number of carboxylic acids is 1. The van der Waals surface area contributed by atoms with Gasteiger partial charge in [-0.2, -0.15) is 0 Å². The molecule has 0 saturated heterocycles. The first kappa shape index (κ1) is 13.5. The van der Waals surface area contributed by atoms with E-state index in [1.165, 1.54) is 18.3 Å². The molecule has 0 saturated carbocycles. The maximum atomic E-state index is 13.2. The van der Waals surface area contributed by atoms with E-state index in [1.807, 2.05) is 0 Å². The van der Waals surface area contributed by atoms with Crippen LogP contribution in [0.15, 0.2) is 41.1 Å². The lowest BCUT2D eigenvalue weighted by molar-refractivity contribution is 0.0691. The van der Waals surface area contributed by atoms with Crippen LogP contribution in [0.25, 0.3) is 0 Å². The van der Waals surface area contributed by atoms with Crippen LogP contribution in [0.1, 0.15) is 15.9 Å². The standard InChI is InChI=1S/C13H9BrFNO3/c14-9-4-10(6-16-5-9)19-7-8-1-2-12(15)11(3-8)13(17)18/h1-6H,7H2,(H,17,18). The number of benzene rings is 1. The van der Waals surface area contributed by atoms with Crippen LogP contribution >= 0.6 is 15.9 Å². The van der Waals surface area contributed by atoms with Gasteiger partial charge in [0, 0.05) is 10.7 Å². The number of aromatic nitrogens is 1. The number of hydrogen-bond acceptors (Lipinski definition) is 3. The van der Waals surface area contributed by atoms with Gasteiger partial charge in [0.25, 0.3) is 0 Å². The van der Waals surface area contributed by atoms with E-state index in [1.54, 1.807) is 12.3 Å². The molecule has 0 aliphatic carbocycles. The minimum absolute atomic E-state index is 0.138. The van der Waals surface area contributed by atoms with Gasteiger partial charge < -0.3 is 9.84 Å². The van der Waals surface area contributed by atoms with Crippen LogP contribution in [0.2, 0.25) is 0 Å². The van der Waals surface area contributed by atoms with E-state index < -0.39 is 11.8 Å². The zero-order valence-corrected chi connectivity index (χ0v) is 11.2. The maximum absolute atomic E-state index is 13.2. The predicted octanol–water partition coefficient (Wildman–Crippen LogP) is 3.26. The van der Waals surface area contributed by atoms with Crippen LogP contribution in [0.5, 0.6) is 5.75 Å². The lowest BCUT2D eigenvalue weighted by atomic mass is 10.1. The first-order valence-electron chi connectivity index (χ1n) is 5.31. The van der Waals surface area contributed by atoms with Crippen molar-refractivity contribution >= 4 is 21.9 Å².